The number of aliphatic hydroxyl groups is 2. The van der Waals surface area contributed by atoms with Crippen LogP contribution in [0, 0.1) is 0 Å². The van der Waals surface area contributed by atoms with Gasteiger partial charge in [0.05, 0.1) is 102 Å². The van der Waals surface area contributed by atoms with Gasteiger partial charge in [-0.1, -0.05) is 48.5 Å². The molecule has 0 unspecified atom stereocenters. The van der Waals surface area contributed by atoms with Crippen molar-refractivity contribution in [2.45, 2.75) is 13.2 Å². The first-order valence-corrected chi connectivity index (χ1v) is 15.4. The zero-order valence-electron chi connectivity index (χ0n) is 26.6. The molecule has 0 radical (unpaired) electrons. The number of ether oxygens (including phenoxy) is 6. The molecule has 0 atom stereocenters. The second-order valence-corrected chi connectivity index (χ2v) is 10.5. The quantitative estimate of drug-likeness (QED) is 0.184. The van der Waals surface area contributed by atoms with Crippen LogP contribution in [0.5, 0.6) is 0 Å². The maximum absolute atomic E-state index is 14.2. The highest BCUT2D eigenvalue weighted by molar-refractivity contribution is 6.30. The molecule has 12 heteroatoms. The highest BCUT2D eigenvalue weighted by Crippen LogP contribution is 2.46. The lowest BCUT2D eigenvalue weighted by atomic mass is 10.0. The molecule has 0 bridgehead atoms. The van der Waals surface area contributed by atoms with Crippen molar-refractivity contribution in [1.82, 2.24) is 9.80 Å². The summed E-state index contributed by atoms with van der Waals surface area (Å²) in [6.07, 6.45) is 0. The molecule has 2 aliphatic rings. The van der Waals surface area contributed by atoms with Crippen LogP contribution >= 0.6 is 0 Å². The average Bonchev–Trinajstić information content (AvgIpc) is 3.53. The number of amides is 2. The van der Waals surface area contributed by atoms with Crippen molar-refractivity contribution in [3.63, 3.8) is 0 Å². The van der Waals surface area contributed by atoms with Crippen LogP contribution in [0.2, 0.25) is 0 Å². The number of benzene rings is 2. The number of rotatable bonds is 22. The van der Waals surface area contributed by atoms with Gasteiger partial charge < -0.3 is 48.4 Å². The summed E-state index contributed by atoms with van der Waals surface area (Å²) < 4.78 is 32.4. The lowest BCUT2D eigenvalue weighted by Gasteiger charge is -2.25. The van der Waals surface area contributed by atoms with Gasteiger partial charge in [-0.25, -0.2) is 0 Å². The first kappa shape index (κ1) is 35.4. The molecule has 12 nitrogen and oxygen atoms in total. The molecule has 0 saturated carbocycles. The molecular formula is C34H44N2O10. The predicted octanol–water partition coefficient (Wildman–Crippen LogP) is 1.84. The SMILES string of the molecule is COCCOCCOCCN1C(=O)C2=C(c3ccc(CO)cc3)N(CCOCCOCCOC)C(=O)C2=C1c1ccc(CO)cc1. The smallest absolute Gasteiger partial charge is 0.261 e. The Balaban J connectivity index is 1.62. The minimum atomic E-state index is -0.305. The number of hydrogen-bond donors (Lipinski definition) is 2. The van der Waals surface area contributed by atoms with Gasteiger partial charge in [0.15, 0.2) is 0 Å². The summed E-state index contributed by atoms with van der Waals surface area (Å²) in [7, 11) is 3.22. The molecule has 2 aliphatic heterocycles. The van der Waals surface area contributed by atoms with Gasteiger partial charge in [-0.3, -0.25) is 9.59 Å². The van der Waals surface area contributed by atoms with E-state index in [0.717, 1.165) is 0 Å². The van der Waals surface area contributed by atoms with E-state index < -0.39 is 0 Å². The van der Waals surface area contributed by atoms with Gasteiger partial charge in [0.25, 0.3) is 11.8 Å². The maximum Gasteiger partial charge on any atom is 0.261 e. The average molecular weight is 641 g/mol. The lowest BCUT2D eigenvalue weighted by Crippen LogP contribution is -2.33. The Labute approximate surface area is 269 Å². The van der Waals surface area contributed by atoms with Gasteiger partial charge in [-0.15, -0.1) is 0 Å². The van der Waals surface area contributed by atoms with Crippen molar-refractivity contribution < 1.29 is 48.2 Å². The van der Waals surface area contributed by atoms with E-state index in [1.807, 2.05) is 0 Å². The third kappa shape index (κ3) is 8.87. The third-order valence-corrected chi connectivity index (χ3v) is 7.53. The fourth-order valence-corrected chi connectivity index (χ4v) is 5.20. The van der Waals surface area contributed by atoms with Crippen molar-refractivity contribution >= 4 is 23.2 Å². The minimum Gasteiger partial charge on any atom is -0.392 e. The molecule has 2 aromatic rings. The van der Waals surface area contributed by atoms with E-state index in [1.165, 1.54) is 0 Å². The topological polar surface area (TPSA) is 136 Å². The summed E-state index contributed by atoms with van der Waals surface area (Å²) in [5.41, 5.74) is 4.39. The number of fused-ring (bicyclic) bond motifs is 1. The monoisotopic (exact) mass is 640 g/mol. The van der Waals surface area contributed by atoms with Gasteiger partial charge in [-0.2, -0.15) is 0 Å². The van der Waals surface area contributed by atoms with E-state index in [9.17, 15) is 19.8 Å². The van der Waals surface area contributed by atoms with E-state index in [1.54, 1.807) is 72.6 Å². The highest BCUT2D eigenvalue weighted by Gasteiger charge is 2.48. The van der Waals surface area contributed by atoms with Crippen LogP contribution in [0.25, 0.3) is 11.4 Å². The Morgan fingerprint density at radius 2 is 0.826 bits per heavy atom. The number of hydrogen-bond acceptors (Lipinski definition) is 10. The predicted molar refractivity (Wildman–Crippen MR) is 169 cm³/mol. The van der Waals surface area contributed by atoms with Crippen LogP contribution in [0.1, 0.15) is 22.3 Å². The molecule has 2 heterocycles. The third-order valence-electron chi connectivity index (χ3n) is 7.53. The van der Waals surface area contributed by atoms with E-state index in [2.05, 4.69) is 0 Å². The molecule has 2 N–H and O–H groups in total. The van der Waals surface area contributed by atoms with Gasteiger partial charge in [0, 0.05) is 27.3 Å². The van der Waals surface area contributed by atoms with Gasteiger partial charge in [0.1, 0.15) is 0 Å². The Morgan fingerprint density at radius 3 is 1.15 bits per heavy atom. The van der Waals surface area contributed by atoms with Crippen molar-refractivity contribution in [3.8, 4) is 0 Å². The summed E-state index contributed by atoms with van der Waals surface area (Å²) in [5, 5.41) is 19.2. The van der Waals surface area contributed by atoms with Crippen molar-refractivity contribution in [1.29, 1.82) is 0 Å². The first-order valence-electron chi connectivity index (χ1n) is 15.4. The Bertz CT molecular complexity index is 1240. The molecule has 0 spiro atoms. The summed E-state index contributed by atoms with van der Waals surface area (Å²) in [4.78, 5) is 31.7. The number of aliphatic hydroxyl groups excluding tert-OH is 2. The number of nitrogens with zero attached hydrogens (tertiary/aromatic N) is 2. The first-order chi connectivity index (χ1) is 22.5. The number of carbonyl (C=O) groups excluding carboxylic acids is 2. The van der Waals surface area contributed by atoms with Crippen LogP contribution in [0.3, 0.4) is 0 Å². The van der Waals surface area contributed by atoms with E-state index in [0.29, 0.717) is 97.6 Å². The number of carbonyl (C=O) groups is 2. The van der Waals surface area contributed by atoms with Crippen LogP contribution in [0.4, 0.5) is 0 Å². The largest absolute Gasteiger partial charge is 0.392 e. The van der Waals surface area contributed by atoms with Crippen LogP contribution < -0.4 is 0 Å². The fraction of sp³-hybridized carbons (Fsp3) is 0.471. The van der Waals surface area contributed by atoms with Crippen LogP contribution in [0.15, 0.2) is 59.7 Å². The Hall–Kier alpha value is -3.46. The Morgan fingerprint density at radius 1 is 0.500 bits per heavy atom. The Kier molecular flexibility index (Phi) is 14.3. The minimum absolute atomic E-state index is 0.127. The molecular weight excluding hydrogens is 596 g/mol. The lowest BCUT2D eigenvalue weighted by molar-refractivity contribution is -0.124. The number of methoxy groups -OCH3 is 2. The van der Waals surface area contributed by atoms with Gasteiger partial charge >= 0.3 is 0 Å². The molecule has 4 rings (SSSR count). The van der Waals surface area contributed by atoms with Crippen molar-refractivity contribution in [2.24, 2.45) is 0 Å². The molecule has 250 valence electrons. The van der Waals surface area contributed by atoms with Crippen molar-refractivity contribution in [3.05, 3.63) is 81.9 Å². The van der Waals surface area contributed by atoms with Gasteiger partial charge in [0.2, 0.25) is 0 Å². The summed E-state index contributed by atoms with van der Waals surface area (Å²) in [6, 6.07) is 14.3. The molecule has 0 aromatic heterocycles. The fourth-order valence-electron chi connectivity index (χ4n) is 5.20. The standard InChI is InChI=1S/C34H44N2O10/c1-41-15-17-45-21-19-43-13-11-35-31(27-7-3-25(23-37)4-8-27)29-30(33(35)39)32(28-9-5-26(24-38)6-10-28)36(34(29)40)12-14-44-20-22-46-18-16-42-2/h3-10,37-38H,11-24H2,1-2H3. The zero-order valence-corrected chi connectivity index (χ0v) is 26.6. The summed E-state index contributed by atoms with van der Waals surface area (Å²) in [6.45, 7) is 4.04. The molecule has 46 heavy (non-hydrogen) atoms. The molecule has 2 amide bonds. The summed E-state index contributed by atoms with van der Waals surface area (Å²) in [5.74, 6) is -0.610. The van der Waals surface area contributed by atoms with Crippen LogP contribution in [-0.4, -0.2) is 125 Å². The molecule has 0 saturated heterocycles. The maximum atomic E-state index is 14.2. The van der Waals surface area contributed by atoms with E-state index in [4.69, 9.17) is 28.4 Å². The van der Waals surface area contributed by atoms with Gasteiger partial charge in [-0.05, 0) is 22.3 Å². The van der Waals surface area contributed by atoms with E-state index in [-0.39, 0.29) is 51.3 Å². The summed E-state index contributed by atoms with van der Waals surface area (Å²) >= 11 is 0. The molecule has 2 aromatic carbocycles. The highest BCUT2D eigenvalue weighted by atomic mass is 16.5. The molecule has 0 fully saturated rings. The van der Waals surface area contributed by atoms with Crippen LogP contribution in [-0.2, 0) is 51.2 Å². The van der Waals surface area contributed by atoms with Crippen molar-refractivity contribution in [2.75, 3.05) is 93.4 Å². The molecule has 0 aliphatic carbocycles. The van der Waals surface area contributed by atoms with E-state index >= 15 is 0 Å². The second-order valence-electron chi connectivity index (χ2n) is 10.5. The zero-order chi connectivity index (χ0) is 32.7. The second kappa shape index (κ2) is 18.6. The normalized spacial score (nSPS) is 14.8.